The minimum absolute atomic E-state index is 0.109. The van der Waals surface area contributed by atoms with Crippen LogP contribution in [0.2, 0.25) is 0 Å². The molecule has 0 aromatic heterocycles. The van der Waals surface area contributed by atoms with Crippen LogP contribution < -0.4 is 5.32 Å². The maximum absolute atomic E-state index is 13.7. The third kappa shape index (κ3) is 3.79. The Balaban J connectivity index is 1.76. The van der Waals surface area contributed by atoms with Crippen molar-refractivity contribution in [3.63, 3.8) is 0 Å². The fourth-order valence-electron chi connectivity index (χ4n) is 2.13. The van der Waals surface area contributed by atoms with Crippen molar-refractivity contribution in [1.82, 2.24) is 10.2 Å². The van der Waals surface area contributed by atoms with Crippen LogP contribution >= 0.6 is 0 Å². The summed E-state index contributed by atoms with van der Waals surface area (Å²) in [6.45, 7) is 5.12. The van der Waals surface area contributed by atoms with Crippen molar-refractivity contribution in [2.24, 2.45) is 5.92 Å². The van der Waals surface area contributed by atoms with Gasteiger partial charge in [-0.2, -0.15) is 0 Å². The summed E-state index contributed by atoms with van der Waals surface area (Å²) in [4.78, 5) is 2.19. The zero-order chi connectivity index (χ0) is 13.0. The SMILES string of the molecule is CC(c1ccccc1F)N(C)CCNCC1CC1. The van der Waals surface area contributed by atoms with E-state index in [0.717, 1.165) is 31.1 Å². The number of likely N-dealkylation sites (N-methyl/N-ethyl adjacent to an activating group) is 1. The summed E-state index contributed by atoms with van der Waals surface area (Å²) in [5.74, 6) is 0.807. The van der Waals surface area contributed by atoms with Crippen molar-refractivity contribution in [1.29, 1.82) is 0 Å². The Morgan fingerprint density at radius 3 is 2.78 bits per heavy atom. The molecule has 1 N–H and O–H groups in total. The quantitative estimate of drug-likeness (QED) is 0.749. The molecule has 1 aliphatic carbocycles. The molecule has 100 valence electrons. The Hall–Kier alpha value is -0.930. The monoisotopic (exact) mass is 250 g/mol. The van der Waals surface area contributed by atoms with Crippen molar-refractivity contribution in [2.45, 2.75) is 25.8 Å². The van der Waals surface area contributed by atoms with Gasteiger partial charge in [0.25, 0.3) is 0 Å². The van der Waals surface area contributed by atoms with Crippen LogP contribution in [0.25, 0.3) is 0 Å². The first-order valence-electron chi connectivity index (χ1n) is 6.84. The van der Waals surface area contributed by atoms with E-state index in [0.29, 0.717) is 0 Å². The zero-order valence-electron chi connectivity index (χ0n) is 11.3. The normalized spacial score (nSPS) is 17.1. The smallest absolute Gasteiger partial charge is 0.127 e. The molecule has 1 aromatic carbocycles. The summed E-state index contributed by atoms with van der Waals surface area (Å²) >= 11 is 0. The molecule has 3 heteroatoms. The molecule has 2 rings (SSSR count). The molecule has 0 heterocycles. The van der Waals surface area contributed by atoms with Crippen LogP contribution in [-0.2, 0) is 0 Å². The highest BCUT2D eigenvalue weighted by atomic mass is 19.1. The van der Waals surface area contributed by atoms with Crippen LogP contribution in [-0.4, -0.2) is 31.6 Å². The second-order valence-electron chi connectivity index (χ2n) is 5.33. The first-order valence-corrected chi connectivity index (χ1v) is 6.84. The van der Waals surface area contributed by atoms with Gasteiger partial charge in [-0.3, -0.25) is 4.90 Å². The van der Waals surface area contributed by atoms with Gasteiger partial charge in [0, 0.05) is 24.7 Å². The van der Waals surface area contributed by atoms with Gasteiger partial charge in [0.1, 0.15) is 5.82 Å². The summed E-state index contributed by atoms with van der Waals surface area (Å²) in [5, 5.41) is 3.46. The number of benzene rings is 1. The Bertz CT molecular complexity index is 377. The lowest BCUT2D eigenvalue weighted by atomic mass is 10.1. The molecule has 1 saturated carbocycles. The standard InChI is InChI=1S/C15H23FN2/c1-12(14-5-3-4-6-15(14)16)18(2)10-9-17-11-13-7-8-13/h3-6,12-13,17H,7-11H2,1-2H3. The number of nitrogens with one attached hydrogen (secondary N) is 1. The largest absolute Gasteiger partial charge is 0.315 e. The van der Waals surface area contributed by atoms with E-state index in [1.807, 2.05) is 12.1 Å². The highest BCUT2D eigenvalue weighted by molar-refractivity contribution is 5.20. The molecule has 1 atom stereocenters. The molecule has 2 nitrogen and oxygen atoms in total. The summed E-state index contributed by atoms with van der Waals surface area (Å²) in [6, 6.07) is 7.16. The molecule has 0 radical (unpaired) electrons. The van der Waals surface area contributed by atoms with E-state index in [9.17, 15) is 4.39 Å². The van der Waals surface area contributed by atoms with Gasteiger partial charge in [-0.05, 0) is 45.3 Å². The molecule has 0 bridgehead atoms. The van der Waals surface area contributed by atoms with Gasteiger partial charge >= 0.3 is 0 Å². The molecule has 1 aliphatic rings. The first kappa shape index (κ1) is 13.5. The van der Waals surface area contributed by atoms with Crippen molar-refractivity contribution >= 4 is 0 Å². The topological polar surface area (TPSA) is 15.3 Å². The van der Waals surface area contributed by atoms with E-state index in [1.165, 1.54) is 18.9 Å². The van der Waals surface area contributed by atoms with E-state index < -0.39 is 0 Å². The van der Waals surface area contributed by atoms with Crippen molar-refractivity contribution < 1.29 is 4.39 Å². The number of halogens is 1. The fourth-order valence-corrected chi connectivity index (χ4v) is 2.13. The highest BCUT2D eigenvalue weighted by Gasteiger charge is 2.20. The second-order valence-corrected chi connectivity index (χ2v) is 5.33. The second kappa shape index (κ2) is 6.30. The van der Waals surface area contributed by atoms with Crippen molar-refractivity contribution in [2.75, 3.05) is 26.7 Å². The molecule has 1 aromatic rings. The minimum Gasteiger partial charge on any atom is -0.315 e. The average Bonchev–Trinajstić information content (AvgIpc) is 3.18. The predicted octanol–water partition coefficient (Wildman–Crippen LogP) is 2.82. The lowest BCUT2D eigenvalue weighted by Gasteiger charge is -2.25. The van der Waals surface area contributed by atoms with Crippen LogP contribution in [0.15, 0.2) is 24.3 Å². The number of nitrogens with zero attached hydrogens (tertiary/aromatic N) is 1. The molecule has 1 unspecified atom stereocenters. The molecular formula is C15H23FN2. The van der Waals surface area contributed by atoms with Gasteiger partial charge in [-0.25, -0.2) is 4.39 Å². The van der Waals surface area contributed by atoms with E-state index in [4.69, 9.17) is 0 Å². The Kier molecular flexibility index (Phi) is 4.72. The van der Waals surface area contributed by atoms with Gasteiger partial charge in [0.05, 0.1) is 0 Å². The van der Waals surface area contributed by atoms with E-state index in [-0.39, 0.29) is 11.9 Å². The van der Waals surface area contributed by atoms with Crippen LogP contribution in [0.1, 0.15) is 31.4 Å². The summed E-state index contributed by atoms with van der Waals surface area (Å²) in [7, 11) is 2.05. The van der Waals surface area contributed by atoms with Gasteiger partial charge in [0.15, 0.2) is 0 Å². The molecule has 0 saturated heterocycles. The third-order valence-corrected chi connectivity index (χ3v) is 3.79. The maximum atomic E-state index is 13.7. The lowest BCUT2D eigenvalue weighted by Crippen LogP contribution is -2.32. The van der Waals surface area contributed by atoms with Crippen LogP contribution in [0, 0.1) is 11.7 Å². The molecular weight excluding hydrogens is 227 g/mol. The Labute approximate surface area is 109 Å². The molecule has 0 amide bonds. The number of hydrogen-bond acceptors (Lipinski definition) is 2. The van der Waals surface area contributed by atoms with Gasteiger partial charge in [0.2, 0.25) is 0 Å². The van der Waals surface area contributed by atoms with Crippen molar-refractivity contribution in [3.05, 3.63) is 35.6 Å². The van der Waals surface area contributed by atoms with Gasteiger partial charge < -0.3 is 5.32 Å². The molecule has 1 fully saturated rings. The summed E-state index contributed by atoms with van der Waals surface area (Å²) < 4.78 is 13.7. The van der Waals surface area contributed by atoms with E-state index in [2.05, 4.69) is 24.2 Å². The highest BCUT2D eigenvalue weighted by Crippen LogP contribution is 2.27. The number of rotatable bonds is 7. The Morgan fingerprint density at radius 2 is 2.11 bits per heavy atom. The van der Waals surface area contributed by atoms with Crippen LogP contribution in [0.5, 0.6) is 0 Å². The van der Waals surface area contributed by atoms with Gasteiger partial charge in [-0.1, -0.05) is 18.2 Å². The zero-order valence-corrected chi connectivity index (χ0v) is 11.3. The first-order chi connectivity index (χ1) is 8.68. The molecule has 0 spiro atoms. The lowest BCUT2D eigenvalue weighted by molar-refractivity contribution is 0.256. The van der Waals surface area contributed by atoms with Gasteiger partial charge in [-0.15, -0.1) is 0 Å². The van der Waals surface area contributed by atoms with Crippen LogP contribution in [0.3, 0.4) is 0 Å². The summed E-state index contributed by atoms with van der Waals surface area (Å²) in [6.07, 6.45) is 2.77. The fraction of sp³-hybridized carbons (Fsp3) is 0.600. The minimum atomic E-state index is -0.109. The van der Waals surface area contributed by atoms with Crippen molar-refractivity contribution in [3.8, 4) is 0 Å². The molecule has 18 heavy (non-hydrogen) atoms. The summed E-state index contributed by atoms with van der Waals surface area (Å²) in [5.41, 5.74) is 0.780. The Morgan fingerprint density at radius 1 is 1.39 bits per heavy atom. The maximum Gasteiger partial charge on any atom is 0.127 e. The third-order valence-electron chi connectivity index (χ3n) is 3.79. The van der Waals surface area contributed by atoms with E-state index >= 15 is 0 Å². The van der Waals surface area contributed by atoms with Crippen LogP contribution in [0.4, 0.5) is 4.39 Å². The predicted molar refractivity (Wildman–Crippen MR) is 73.0 cm³/mol. The van der Waals surface area contributed by atoms with E-state index in [1.54, 1.807) is 6.07 Å². The average molecular weight is 250 g/mol. The number of hydrogen-bond donors (Lipinski definition) is 1. The molecule has 0 aliphatic heterocycles.